The van der Waals surface area contributed by atoms with E-state index in [9.17, 15) is 18.8 Å². The molecule has 8 heteroatoms. The number of piperidine rings is 1. The van der Waals surface area contributed by atoms with Gasteiger partial charge in [-0.3, -0.25) is 14.4 Å². The van der Waals surface area contributed by atoms with E-state index in [1.165, 1.54) is 18.2 Å². The summed E-state index contributed by atoms with van der Waals surface area (Å²) >= 11 is 1.56. The molecule has 2 aromatic rings. The minimum atomic E-state index is -0.585. The SMILES string of the molecule is O=C(N[C@H]1CCN2C(=O)[C@H](Cc3cccs3)NC(=O)[C@@H]2C1)c1cccc(F)c1. The van der Waals surface area contributed by atoms with Crippen LogP contribution in [0.4, 0.5) is 4.39 Å². The van der Waals surface area contributed by atoms with E-state index in [0.29, 0.717) is 25.8 Å². The zero-order valence-electron chi connectivity index (χ0n) is 15.1. The molecular weight excluding hydrogens is 381 g/mol. The van der Waals surface area contributed by atoms with Gasteiger partial charge < -0.3 is 15.5 Å². The fourth-order valence-corrected chi connectivity index (χ4v) is 4.56. The van der Waals surface area contributed by atoms with Gasteiger partial charge in [0.15, 0.2) is 0 Å². The lowest BCUT2D eigenvalue weighted by molar-refractivity contribution is -0.151. The van der Waals surface area contributed by atoms with Crippen molar-refractivity contribution in [3.8, 4) is 0 Å². The van der Waals surface area contributed by atoms with E-state index in [4.69, 9.17) is 0 Å². The van der Waals surface area contributed by atoms with Crippen molar-refractivity contribution in [2.24, 2.45) is 0 Å². The second kappa shape index (κ2) is 7.71. The van der Waals surface area contributed by atoms with Crippen LogP contribution in [-0.2, 0) is 16.0 Å². The summed E-state index contributed by atoms with van der Waals surface area (Å²) in [6, 6.07) is 7.97. The first-order chi connectivity index (χ1) is 13.5. The Balaban J connectivity index is 1.40. The van der Waals surface area contributed by atoms with Crippen LogP contribution in [-0.4, -0.2) is 47.3 Å². The Morgan fingerprint density at radius 2 is 2.14 bits per heavy atom. The maximum atomic E-state index is 13.3. The number of carbonyl (C=O) groups is 3. The molecule has 0 saturated carbocycles. The van der Waals surface area contributed by atoms with Gasteiger partial charge in [-0.25, -0.2) is 4.39 Å². The molecule has 4 rings (SSSR count). The molecule has 2 fully saturated rings. The van der Waals surface area contributed by atoms with Crippen molar-refractivity contribution in [1.82, 2.24) is 15.5 Å². The number of halogens is 1. The number of hydrogen-bond acceptors (Lipinski definition) is 4. The van der Waals surface area contributed by atoms with E-state index in [0.717, 1.165) is 4.88 Å². The molecule has 1 aromatic heterocycles. The second-order valence-corrected chi connectivity index (χ2v) is 8.13. The number of rotatable bonds is 4. The van der Waals surface area contributed by atoms with Gasteiger partial charge in [-0.15, -0.1) is 11.3 Å². The van der Waals surface area contributed by atoms with Crippen LogP contribution in [0.15, 0.2) is 41.8 Å². The highest BCUT2D eigenvalue weighted by Crippen LogP contribution is 2.24. The average Bonchev–Trinajstić information content (AvgIpc) is 3.19. The lowest BCUT2D eigenvalue weighted by Crippen LogP contribution is -2.67. The van der Waals surface area contributed by atoms with E-state index in [2.05, 4.69) is 10.6 Å². The maximum absolute atomic E-state index is 13.3. The first-order valence-electron chi connectivity index (χ1n) is 9.21. The Kier molecular flexibility index (Phi) is 5.13. The van der Waals surface area contributed by atoms with Crippen LogP contribution in [0.2, 0.25) is 0 Å². The fraction of sp³-hybridized carbons (Fsp3) is 0.350. The minimum absolute atomic E-state index is 0.0760. The molecule has 0 bridgehead atoms. The average molecular weight is 401 g/mol. The molecule has 0 radical (unpaired) electrons. The quantitative estimate of drug-likeness (QED) is 0.819. The summed E-state index contributed by atoms with van der Waals surface area (Å²) in [5, 5.41) is 7.63. The fourth-order valence-electron chi connectivity index (χ4n) is 3.81. The van der Waals surface area contributed by atoms with Gasteiger partial charge >= 0.3 is 0 Å². The smallest absolute Gasteiger partial charge is 0.251 e. The highest BCUT2D eigenvalue weighted by atomic mass is 32.1. The molecule has 1 aromatic carbocycles. The largest absolute Gasteiger partial charge is 0.349 e. The molecule has 2 aliphatic heterocycles. The summed E-state index contributed by atoms with van der Waals surface area (Å²) in [5.41, 5.74) is 0.239. The van der Waals surface area contributed by atoms with Gasteiger partial charge in [-0.2, -0.15) is 0 Å². The molecule has 0 unspecified atom stereocenters. The first-order valence-corrected chi connectivity index (χ1v) is 10.1. The van der Waals surface area contributed by atoms with E-state index >= 15 is 0 Å². The van der Waals surface area contributed by atoms with Gasteiger partial charge in [0, 0.05) is 29.4 Å². The predicted molar refractivity (Wildman–Crippen MR) is 102 cm³/mol. The normalized spacial score (nSPS) is 24.5. The molecule has 3 atom stereocenters. The summed E-state index contributed by atoms with van der Waals surface area (Å²) in [5.74, 6) is -1.12. The first kappa shape index (κ1) is 18.6. The number of nitrogens with zero attached hydrogens (tertiary/aromatic N) is 1. The van der Waals surface area contributed by atoms with Crippen LogP contribution in [0.1, 0.15) is 28.1 Å². The standard InChI is InChI=1S/C20H20FN3O3S/c21-13-4-1-3-12(9-13)18(25)22-14-6-7-24-17(10-14)19(26)23-16(20(24)27)11-15-5-2-8-28-15/h1-5,8-9,14,16-17H,6-7,10-11H2,(H,22,25)(H,23,26)/t14-,16-,17-/m0/s1. The van der Waals surface area contributed by atoms with Gasteiger partial charge in [-0.1, -0.05) is 12.1 Å². The van der Waals surface area contributed by atoms with Gasteiger partial charge in [0.2, 0.25) is 11.8 Å². The Morgan fingerprint density at radius 3 is 2.89 bits per heavy atom. The highest BCUT2D eigenvalue weighted by molar-refractivity contribution is 7.09. The Bertz CT molecular complexity index is 902. The molecule has 3 amide bonds. The zero-order valence-corrected chi connectivity index (χ0v) is 15.9. The predicted octanol–water partition coefficient (Wildman–Crippen LogP) is 1.72. The summed E-state index contributed by atoms with van der Waals surface area (Å²) in [7, 11) is 0. The number of amides is 3. The summed E-state index contributed by atoms with van der Waals surface area (Å²) in [6.45, 7) is 0.409. The monoisotopic (exact) mass is 401 g/mol. The van der Waals surface area contributed by atoms with Gasteiger partial charge in [0.1, 0.15) is 17.9 Å². The third-order valence-corrected chi connectivity index (χ3v) is 6.11. The molecule has 2 N–H and O–H groups in total. The number of thiophene rings is 1. The second-order valence-electron chi connectivity index (χ2n) is 7.10. The van der Waals surface area contributed by atoms with Crippen molar-refractivity contribution in [3.63, 3.8) is 0 Å². The van der Waals surface area contributed by atoms with E-state index < -0.39 is 17.9 Å². The number of piperazine rings is 1. The third kappa shape index (κ3) is 3.77. The Labute approximate surface area is 165 Å². The molecule has 0 spiro atoms. The molecule has 6 nitrogen and oxygen atoms in total. The van der Waals surface area contributed by atoms with Crippen LogP contribution in [0.5, 0.6) is 0 Å². The van der Waals surface area contributed by atoms with E-state index in [1.807, 2.05) is 17.5 Å². The maximum Gasteiger partial charge on any atom is 0.251 e. The van der Waals surface area contributed by atoms with Gasteiger partial charge in [-0.05, 0) is 42.5 Å². The van der Waals surface area contributed by atoms with Crippen molar-refractivity contribution in [2.45, 2.75) is 37.4 Å². The number of hydrogen-bond donors (Lipinski definition) is 2. The third-order valence-electron chi connectivity index (χ3n) is 5.21. The van der Waals surface area contributed by atoms with Crippen LogP contribution < -0.4 is 10.6 Å². The number of carbonyl (C=O) groups excluding carboxylic acids is 3. The lowest BCUT2D eigenvalue weighted by Gasteiger charge is -2.44. The van der Waals surface area contributed by atoms with Crippen molar-refractivity contribution in [2.75, 3.05) is 6.54 Å². The van der Waals surface area contributed by atoms with E-state index in [1.54, 1.807) is 22.3 Å². The van der Waals surface area contributed by atoms with Crippen LogP contribution in [0, 0.1) is 5.82 Å². The molecule has 28 heavy (non-hydrogen) atoms. The molecule has 0 aliphatic carbocycles. The van der Waals surface area contributed by atoms with Gasteiger partial charge in [0.25, 0.3) is 5.91 Å². The summed E-state index contributed by atoms with van der Waals surface area (Å²) in [4.78, 5) is 40.4. The summed E-state index contributed by atoms with van der Waals surface area (Å²) in [6.07, 6.45) is 1.40. The number of fused-ring (bicyclic) bond motifs is 1. The molecule has 2 saturated heterocycles. The van der Waals surface area contributed by atoms with Crippen molar-refractivity contribution in [1.29, 1.82) is 0 Å². The molecule has 3 heterocycles. The summed E-state index contributed by atoms with van der Waals surface area (Å²) < 4.78 is 13.3. The molecule has 2 aliphatic rings. The van der Waals surface area contributed by atoms with Crippen molar-refractivity contribution in [3.05, 3.63) is 58.0 Å². The van der Waals surface area contributed by atoms with Crippen LogP contribution in [0.25, 0.3) is 0 Å². The van der Waals surface area contributed by atoms with Gasteiger partial charge in [0.05, 0.1) is 0 Å². The van der Waals surface area contributed by atoms with Crippen molar-refractivity contribution >= 4 is 29.1 Å². The minimum Gasteiger partial charge on any atom is -0.349 e. The Hall–Kier alpha value is -2.74. The van der Waals surface area contributed by atoms with Crippen LogP contribution >= 0.6 is 11.3 Å². The lowest BCUT2D eigenvalue weighted by atomic mass is 9.92. The molecular formula is C20H20FN3O3S. The zero-order chi connectivity index (χ0) is 19.7. The van der Waals surface area contributed by atoms with Crippen molar-refractivity contribution < 1.29 is 18.8 Å². The number of benzene rings is 1. The number of nitrogens with one attached hydrogen (secondary N) is 2. The molecule has 146 valence electrons. The van der Waals surface area contributed by atoms with Crippen LogP contribution in [0.3, 0.4) is 0 Å². The Morgan fingerprint density at radius 1 is 1.29 bits per heavy atom. The highest BCUT2D eigenvalue weighted by Gasteiger charge is 2.44. The topological polar surface area (TPSA) is 78.5 Å². The van der Waals surface area contributed by atoms with E-state index in [-0.39, 0.29) is 29.3 Å².